The molecule has 1 nitrogen and oxygen atoms in total. The number of hydrogen-bond acceptors (Lipinski definition) is 1. The zero-order valence-electron chi connectivity index (χ0n) is 6.56. The van der Waals surface area contributed by atoms with Crippen LogP contribution in [0.25, 0.3) is 0 Å². The van der Waals surface area contributed by atoms with E-state index in [9.17, 15) is 0 Å². The van der Waals surface area contributed by atoms with Gasteiger partial charge in [0.05, 0.1) is 11.6 Å². The van der Waals surface area contributed by atoms with E-state index in [0.29, 0.717) is 5.03 Å². The Balaban J connectivity index is 2.81. The third-order valence-electron chi connectivity index (χ3n) is 1.59. The molecule has 1 rings (SSSR count). The van der Waals surface area contributed by atoms with E-state index in [4.69, 9.17) is 16.3 Å². The fraction of sp³-hybridized carbons (Fsp3) is 0.333. The van der Waals surface area contributed by atoms with Crippen LogP contribution in [0, 0.1) is 0 Å². The van der Waals surface area contributed by atoms with E-state index in [1.807, 2.05) is 6.92 Å². The molecule has 0 saturated carbocycles. The van der Waals surface area contributed by atoms with Gasteiger partial charge in [-0.05, 0) is 18.6 Å². The highest BCUT2D eigenvalue weighted by Crippen LogP contribution is 2.27. The number of halogens is 1. The number of rotatable bonds is 2. The minimum absolute atomic E-state index is 0.648. The molecule has 0 atom stereocenters. The Morgan fingerprint density at radius 2 is 2.45 bits per heavy atom. The lowest BCUT2D eigenvalue weighted by atomic mass is 10.2. The summed E-state index contributed by atoms with van der Waals surface area (Å²) in [6.45, 7) is 6.34. The van der Waals surface area contributed by atoms with Gasteiger partial charge in [-0.1, -0.05) is 24.3 Å². The molecule has 0 aromatic carbocycles. The second-order valence-corrected chi connectivity index (χ2v) is 2.87. The normalized spacial score (nSPS) is 18.5. The maximum atomic E-state index is 5.89. The molecule has 0 bridgehead atoms. The van der Waals surface area contributed by atoms with E-state index in [2.05, 4.69) is 6.58 Å². The topological polar surface area (TPSA) is 9.23 Å². The summed E-state index contributed by atoms with van der Waals surface area (Å²) in [6, 6.07) is 0. The van der Waals surface area contributed by atoms with Gasteiger partial charge < -0.3 is 4.74 Å². The van der Waals surface area contributed by atoms with Crippen molar-refractivity contribution in [1.29, 1.82) is 0 Å². The smallest absolute Gasteiger partial charge is 0.136 e. The van der Waals surface area contributed by atoms with Gasteiger partial charge >= 0.3 is 0 Å². The van der Waals surface area contributed by atoms with Gasteiger partial charge in [0.15, 0.2) is 0 Å². The first-order valence-electron chi connectivity index (χ1n) is 3.57. The van der Waals surface area contributed by atoms with Crippen LogP contribution in [0.2, 0.25) is 0 Å². The van der Waals surface area contributed by atoms with Crippen LogP contribution in [-0.4, -0.2) is 6.61 Å². The summed E-state index contributed by atoms with van der Waals surface area (Å²) in [5.41, 5.74) is 1.22. The molecule has 0 aliphatic carbocycles. The summed E-state index contributed by atoms with van der Waals surface area (Å²) >= 11 is 5.89. The molecule has 0 unspecified atom stereocenters. The van der Waals surface area contributed by atoms with Crippen LogP contribution in [0.15, 0.2) is 35.1 Å². The van der Waals surface area contributed by atoms with Crippen molar-refractivity contribution < 1.29 is 4.74 Å². The van der Waals surface area contributed by atoms with Gasteiger partial charge in [0.2, 0.25) is 0 Å². The van der Waals surface area contributed by atoms with Crippen molar-refractivity contribution in [2.24, 2.45) is 0 Å². The van der Waals surface area contributed by atoms with Crippen molar-refractivity contribution in [3.63, 3.8) is 0 Å². The third kappa shape index (κ3) is 1.87. The van der Waals surface area contributed by atoms with Crippen molar-refractivity contribution in [3.8, 4) is 0 Å². The van der Waals surface area contributed by atoms with E-state index < -0.39 is 0 Å². The van der Waals surface area contributed by atoms with Crippen LogP contribution in [0.4, 0.5) is 0 Å². The van der Waals surface area contributed by atoms with Crippen molar-refractivity contribution in [2.45, 2.75) is 13.3 Å². The van der Waals surface area contributed by atoms with Crippen molar-refractivity contribution >= 4 is 11.6 Å². The first-order valence-corrected chi connectivity index (χ1v) is 3.94. The van der Waals surface area contributed by atoms with Gasteiger partial charge in [0.25, 0.3) is 0 Å². The lowest BCUT2D eigenvalue weighted by Gasteiger charge is -2.00. The molecule has 0 saturated heterocycles. The molecule has 1 aliphatic rings. The fourth-order valence-electron chi connectivity index (χ4n) is 0.995. The standard InChI is InChI=1S/C9H11ClO/c1-3-4-8(10)9-7(2)5-6-11-9/h3-4H,1,5-6H2,2H3/b8-4+. The molecule has 0 aromatic heterocycles. The minimum atomic E-state index is 0.648. The molecule has 11 heavy (non-hydrogen) atoms. The van der Waals surface area contributed by atoms with E-state index in [0.717, 1.165) is 18.8 Å². The molecule has 0 fully saturated rings. The van der Waals surface area contributed by atoms with Gasteiger partial charge in [-0.2, -0.15) is 0 Å². The Morgan fingerprint density at radius 3 is 2.91 bits per heavy atom. The molecular weight excluding hydrogens is 160 g/mol. The fourth-order valence-corrected chi connectivity index (χ4v) is 1.30. The van der Waals surface area contributed by atoms with Crippen molar-refractivity contribution in [2.75, 3.05) is 6.61 Å². The Kier molecular flexibility index (Phi) is 2.77. The van der Waals surface area contributed by atoms with E-state index in [1.165, 1.54) is 5.57 Å². The summed E-state index contributed by atoms with van der Waals surface area (Å²) < 4.78 is 5.31. The molecule has 0 radical (unpaired) electrons. The largest absolute Gasteiger partial charge is 0.492 e. The summed E-state index contributed by atoms with van der Waals surface area (Å²) in [6.07, 6.45) is 4.38. The summed E-state index contributed by atoms with van der Waals surface area (Å²) in [5, 5.41) is 0.648. The predicted octanol–water partition coefficient (Wildman–Crippen LogP) is 2.99. The molecule has 60 valence electrons. The van der Waals surface area contributed by atoms with Crippen molar-refractivity contribution in [3.05, 3.63) is 35.1 Å². The third-order valence-corrected chi connectivity index (χ3v) is 1.89. The number of ether oxygens (including phenoxy) is 1. The maximum Gasteiger partial charge on any atom is 0.136 e. The highest BCUT2D eigenvalue weighted by molar-refractivity contribution is 6.31. The predicted molar refractivity (Wildman–Crippen MR) is 47.4 cm³/mol. The average Bonchev–Trinajstić information content (AvgIpc) is 2.36. The summed E-state index contributed by atoms with van der Waals surface area (Å²) in [7, 11) is 0. The Labute approximate surface area is 72.0 Å². The van der Waals surface area contributed by atoms with Crippen molar-refractivity contribution in [1.82, 2.24) is 0 Å². The van der Waals surface area contributed by atoms with Crippen LogP contribution in [0.5, 0.6) is 0 Å². The lowest BCUT2D eigenvalue weighted by Crippen LogP contribution is -1.84. The van der Waals surface area contributed by atoms with E-state index in [-0.39, 0.29) is 0 Å². The van der Waals surface area contributed by atoms with E-state index >= 15 is 0 Å². The van der Waals surface area contributed by atoms with Gasteiger partial charge in [0, 0.05) is 6.42 Å². The maximum absolute atomic E-state index is 5.89. The molecule has 0 aromatic rings. The van der Waals surface area contributed by atoms with Crippen LogP contribution < -0.4 is 0 Å². The van der Waals surface area contributed by atoms with Crippen LogP contribution in [-0.2, 0) is 4.74 Å². The van der Waals surface area contributed by atoms with Crippen LogP contribution in [0.3, 0.4) is 0 Å². The Bertz CT molecular complexity index is 226. The lowest BCUT2D eigenvalue weighted by molar-refractivity contribution is 0.255. The van der Waals surface area contributed by atoms with Crippen LogP contribution >= 0.6 is 11.6 Å². The molecule has 1 heterocycles. The molecule has 2 heteroatoms. The van der Waals surface area contributed by atoms with E-state index in [1.54, 1.807) is 12.2 Å². The summed E-state index contributed by atoms with van der Waals surface area (Å²) in [4.78, 5) is 0. The molecular formula is C9H11ClO. The summed E-state index contributed by atoms with van der Waals surface area (Å²) in [5.74, 6) is 0.826. The SMILES string of the molecule is C=C/C=C(/Cl)C1=C(C)CCO1. The number of hydrogen-bond donors (Lipinski definition) is 0. The molecule has 0 amide bonds. The molecule has 0 spiro atoms. The first kappa shape index (κ1) is 8.41. The molecule has 1 aliphatic heterocycles. The van der Waals surface area contributed by atoms with Gasteiger partial charge in [-0.25, -0.2) is 0 Å². The average molecular weight is 171 g/mol. The quantitative estimate of drug-likeness (QED) is 0.579. The number of allylic oxidation sites excluding steroid dienone is 3. The van der Waals surface area contributed by atoms with Crippen LogP contribution in [0.1, 0.15) is 13.3 Å². The first-order chi connectivity index (χ1) is 5.25. The second kappa shape index (κ2) is 3.63. The molecule has 0 N–H and O–H groups in total. The zero-order valence-corrected chi connectivity index (χ0v) is 7.32. The Hall–Kier alpha value is -0.690. The highest BCUT2D eigenvalue weighted by Gasteiger charge is 2.13. The van der Waals surface area contributed by atoms with Gasteiger partial charge in [0.1, 0.15) is 5.76 Å². The Morgan fingerprint density at radius 1 is 1.73 bits per heavy atom. The van der Waals surface area contributed by atoms with Gasteiger partial charge in [-0.15, -0.1) is 0 Å². The zero-order chi connectivity index (χ0) is 8.27. The second-order valence-electron chi connectivity index (χ2n) is 2.46. The monoisotopic (exact) mass is 170 g/mol. The minimum Gasteiger partial charge on any atom is -0.492 e. The highest BCUT2D eigenvalue weighted by atomic mass is 35.5. The van der Waals surface area contributed by atoms with Gasteiger partial charge in [-0.3, -0.25) is 0 Å².